The molecular weight excluding hydrogens is 220 g/mol. The zero-order valence-corrected chi connectivity index (χ0v) is 12.3. The Hall–Kier alpha value is -0.790. The van der Waals surface area contributed by atoms with Gasteiger partial charge in [-0.05, 0) is 12.3 Å². The van der Waals surface area contributed by atoms with E-state index in [1.165, 1.54) is 57.8 Å². The molecule has 0 saturated heterocycles. The first kappa shape index (κ1) is 15.3. The van der Waals surface area contributed by atoms with E-state index in [1.807, 2.05) is 12.5 Å². The molecule has 2 nitrogen and oxygen atoms in total. The molecule has 1 rings (SSSR count). The summed E-state index contributed by atoms with van der Waals surface area (Å²) in [6, 6.07) is 0. The number of nitrogens with zero attached hydrogens (tertiary/aromatic N) is 1. The largest absolute Gasteiger partial charge is 0.250 e. The Morgan fingerprint density at radius 2 is 1.67 bits per heavy atom. The first-order valence-electron chi connectivity index (χ1n) is 7.84. The van der Waals surface area contributed by atoms with Crippen LogP contribution in [-0.4, -0.2) is 4.98 Å². The van der Waals surface area contributed by atoms with Crippen LogP contribution in [0.2, 0.25) is 0 Å². The molecule has 0 fully saturated rings. The molecule has 0 bridgehead atoms. The van der Waals surface area contributed by atoms with Gasteiger partial charge in [0.1, 0.15) is 12.4 Å². The number of rotatable bonds is 11. The molecule has 1 atom stereocenters. The van der Waals surface area contributed by atoms with Gasteiger partial charge in [0.15, 0.2) is 0 Å². The summed E-state index contributed by atoms with van der Waals surface area (Å²) in [5.41, 5.74) is 0. The van der Waals surface area contributed by atoms with Gasteiger partial charge in [-0.15, -0.1) is 0 Å². The highest BCUT2D eigenvalue weighted by Gasteiger charge is 2.06. The molecule has 1 aromatic heterocycles. The number of unbranched alkanes of at least 4 members (excludes halogenated alkanes) is 7. The van der Waals surface area contributed by atoms with Gasteiger partial charge < -0.3 is 0 Å². The fourth-order valence-corrected chi connectivity index (χ4v) is 2.51. The van der Waals surface area contributed by atoms with Crippen LogP contribution in [0.1, 0.15) is 71.6 Å². The van der Waals surface area contributed by atoms with E-state index in [9.17, 15) is 0 Å². The zero-order chi connectivity index (χ0) is 13.1. The maximum Gasteiger partial charge on any atom is 0.241 e. The number of H-pyrrole nitrogens is 1. The van der Waals surface area contributed by atoms with Crippen LogP contribution in [0.4, 0.5) is 0 Å². The van der Waals surface area contributed by atoms with Crippen molar-refractivity contribution in [2.45, 2.75) is 78.2 Å². The summed E-state index contributed by atoms with van der Waals surface area (Å²) in [6.07, 6.45) is 18.9. The predicted molar refractivity (Wildman–Crippen MR) is 77.4 cm³/mol. The Balaban J connectivity index is 1.88. The Morgan fingerprint density at radius 1 is 1.00 bits per heavy atom. The zero-order valence-electron chi connectivity index (χ0n) is 12.3. The highest BCUT2D eigenvalue weighted by molar-refractivity contribution is 4.57. The lowest BCUT2D eigenvalue weighted by molar-refractivity contribution is -0.701. The predicted octanol–water partition coefficient (Wildman–Crippen LogP) is 4.47. The van der Waals surface area contributed by atoms with Crippen molar-refractivity contribution in [2.24, 2.45) is 5.92 Å². The summed E-state index contributed by atoms with van der Waals surface area (Å²) in [4.78, 5) is 3.10. The summed E-state index contributed by atoms with van der Waals surface area (Å²) < 4.78 is 2.25. The highest BCUT2D eigenvalue weighted by atomic mass is 15.0. The van der Waals surface area contributed by atoms with Crippen molar-refractivity contribution in [1.82, 2.24) is 4.98 Å². The molecule has 0 aliphatic heterocycles. The normalized spacial score (nSPS) is 12.8. The van der Waals surface area contributed by atoms with Gasteiger partial charge >= 0.3 is 0 Å². The Morgan fingerprint density at radius 3 is 2.28 bits per heavy atom. The molecule has 0 amide bonds. The summed E-state index contributed by atoms with van der Waals surface area (Å²) >= 11 is 0. The van der Waals surface area contributed by atoms with Crippen molar-refractivity contribution in [3.63, 3.8) is 0 Å². The fourth-order valence-electron chi connectivity index (χ4n) is 2.51. The van der Waals surface area contributed by atoms with Gasteiger partial charge in [0, 0.05) is 0 Å². The molecule has 1 heterocycles. The minimum absolute atomic E-state index is 0.797. The summed E-state index contributed by atoms with van der Waals surface area (Å²) in [5, 5.41) is 0. The van der Waals surface area contributed by atoms with E-state index >= 15 is 0 Å². The molecule has 0 aliphatic rings. The van der Waals surface area contributed by atoms with Gasteiger partial charge in [-0.3, -0.25) is 4.98 Å². The van der Waals surface area contributed by atoms with Crippen molar-refractivity contribution in [3.05, 3.63) is 18.7 Å². The Kier molecular flexibility index (Phi) is 8.62. The molecule has 18 heavy (non-hydrogen) atoms. The SMILES string of the molecule is CCCCCCCCCCC(C)C[n+]1cc[nH]c1. The number of aromatic nitrogens is 2. The third kappa shape index (κ3) is 7.52. The van der Waals surface area contributed by atoms with E-state index in [4.69, 9.17) is 0 Å². The average Bonchev–Trinajstić information content (AvgIpc) is 2.85. The van der Waals surface area contributed by atoms with Gasteiger partial charge in [-0.25, -0.2) is 4.57 Å². The molecule has 1 N–H and O–H groups in total. The molecule has 2 heteroatoms. The topological polar surface area (TPSA) is 19.7 Å². The maximum absolute atomic E-state index is 3.10. The minimum Gasteiger partial charge on any atom is -0.250 e. The van der Waals surface area contributed by atoms with Crippen LogP contribution in [0.3, 0.4) is 0 Å². The number of hydrogen-bond donors (Lipinski definition) is 1. The van der Waals surface area contributed by atoms with Crippen molar-refractivity contribution in [2.75, 3.05) is 0 Å². The second kappa shape index (κ2) is 10.2. The second-order valence-corrected chi connectivity index (χ2v) is 5.68. The summed E-state index contributed by atoms with van der Waals surface area (Å²) in [6.45, 7) is 5.80. The van der Waals surface area contributed by atoms with Crippen LogP contribution < -0.4 is 4.57 Å². The van der Waals surface area contributed by atoms with Crippen LogP contribution in [-0.2, 0) is 6.54 Å². The lowest BCUT2D eigenvalue weighted by atomic mass is 10.0. The number of hydrogen-bond acceptors (Lipinski definition) is 0. The third-order valence-corrected chi connectivity index (χ3v) is 3.68. The van der Waals surface area contributed by atoms with Crippen LogP contribution in [0, 0.1) is 5.92 Å². The maximum atomic E-state index is 3.10. The summed E-state index contributed by atoms with van der Waals surface area (Å²) in [5.74, 6) is 0.797. The lowest BCUT2D eigenvalue weighted by Crippen LogP contribution is -2.34. The minimum atomic E-state index is 0.797. The van der Waals surface area contributed by atoms with Gasteiger partial charge in [-0.2, -0.15) is 0 Å². The number of nitrogens with one attached hydrogen (secondary N) is 1. The van der Waals surface area contributed by atoms with Gasteiger partial charge in [-0.1, -0.05) is 65.2 Å². The van der Waals surface area contributed by atoms with E-state index in [2.05, 4.69) is 29.6 Å². The van der Waals surface area contributed by atoms with E-state index in [-0.39, 0.29) is 0 Å². The third-order valence-electron chi connectivity index (χ3n) is 3.68. The molecule has 1 unspecified atom stereocenters. The van der Waals surface area contributed by atoms with Crippen molar-refractivity contribution in [1.29, 1.82) is 0 Å². The van der Waals surface area contributed by atoms with Crippen LogP contribution in [0.5, 0.6) is 0 Å². The van der Waals surface area contributed by atoms with E-state index < -0.39 is 0 Å². The van der Waals surface area contributed by atoms with Gasteiger partial charge in [0.2, 0.25) is 6.33 Å². The molecule has 104 valence electrons. The Labute approximate surface area is 113 Å². The van der Waals surface area contributed by atoms with Gasteiger partial charge in [0.05, 0.1) is 6.54 Å². The first-order chi connectivity index (χ1) is 8.83. The van der Waals surface area contributed by atoms with Crippen LogP contribution in [0.25, 0.3) is 0 Å². The van der Waals surface area contributed by atoms with E-state index in [1.54, 1.807) is 0 Å². The molecule has 0 spiro atoms. The molecule has 0 radical (unpaired) electrons. The molecule has 0 aliphatic carbocycles. The number of aromatic amines is 1. The van der Waals surface area contributed by atoms with E-state index in [0.29, 0.717) is 0 Å². The van der Waals surface area contributed by atoms with Crippen LogP contribution in [0.15, 0.2) is 18.7 Å². The summed E-state index contributed by atoms with van der Waals surface area (Å²) in [7, 11) is 0. The second-order valence-electron chi connectivity index (χ2n) is 5.68. The molecule has 1 aromatic rings. The fraction of sp³-hybridized carbons (Fsp3) is 0.812. The molecule has 0 saturated carbocycles. The van der Waals surface area contributed by atoms with E-state index in [0.717, 1.165) is 12.5 Å². The van der Waals surface area contributed by atoms with Crippen molar-refractivity contribution >= 4 is 0 Å². The van der Waals surface area contributed by atoms with Crippen molar-refractivity contribution in [3.8, 4) is 0 Å². The smallest absolute Gasteiger partial charge is 0.241 e. The molecular formula is C16H31N2+. The van der Waals surface area contributed by atoms with Crippen molar-refractivity contribution < 1.29 is 4.57 Å². The quantitative estimate of drug-likeness (QED) is 0.442. The monoisotopic (exact) mass is 251 g/mol. The standard InChI is InChI=1S/C16H30N2/c1-3-4-5-6-7-8-9-10-11-16(2)14-18-13-12-17-15-18/h12-13,15-16H,3-11,14H2,1-2H3/p+1. The van der Waals surface area contributed by atoms with Gasteiger partial charge in [0.25, 0.3) is 0 Å². The molecule has 0 aromatic carbocycles. The average molecular weight is 251 g/mol. The first-order valence-corrected chi connectivity index (χ1v) is 7.84. The van der Waals surface area contributed by atoms with Crippen LogP contribution >= 0.6 is 0 Å². The number of imidazole rings is 1. The Bertz CT molecular complexity index is 267. The highest BCUT2D eigenvalue weighted by Crippen LogP contribution is 2.13. The lowest BCUT2D eigenvalue weighted by Gasteiger charge is -2.08.